The normalized spacial score (nSPS) is 12.5. The van der Waals surface area contributed by atoms with E-state index in [9.17, 15) is 9.50 Å². The second-order valence-electron chi connectivity index (χ2n) is 4.68. The van der Waals surface area contributed by atoms with Gasteiger partial charge in [-0.15, -0.1) is 0 Å². The van der Waals surface area contributed by atoms with Gasteiger partial charge in [-0.2, -0.15) is 5.10 Å². The number of halogens is 1. The summed E-state index contributed by atoms with van der Waals surface area (Å²) in [5.41, 5.74) is 2.04. The highest BCUT2D eigenvalue weighted by atomic mass is 19.1. The standard InChI is InChI=1S/C15H15FN4O/c1-2-20-8-7-17-15(20)14(21)12-9-18-19-13(12)10-3-5-11(16)6-4-10/h3-9,14,21H,2H2,1H3,(H,18,19). The summed E-state index contributed by atoms with van der Waals surface area (Å²) in [5, 5.41) is 17.4. The van der Waals surface area contributed by atoms with Crippen molar-refractivity contribution in [2.24, 2.45) is 0 Å². The highest BCUT2D eigenvalue weighted by molar-refractivity contribution is 5.63. The van der Waals surface area contributed by atoms with Crippen molar-refractivity contribution < 1.29 is 9.50 Å². The Morgan fingerprint density at radius 1 is 1.33 bits per heavy atom. The maximum absolute atomic E-state index is 13.0. The number of H-pyrrole nitrogens is 1. The Hall–Kier alpha value is -2.47. The molecule has 0 spiro atoms. The van der Waals surface area contributed by atoms with Crippen LogP contribution in [0.3, 0.4) is 0 Å². The predicted octanol–water partition coefficient (Wildman–Crippen LogP) is 2.51. The summed E-state index contributed by atoms with van der Waals surface area (Å²) in [4.78, 5) is 4.20. The Labute approximate surface area is 121 Å². The van der Waals surface area contributed by atoms with E-state index in [-0.39, 0.29) is 5.82 Å². The second-order valence-corrected chi connectivity index (χ2v) is 4.68. The fraction of sp³-hybridized carbons (Fsp3) is 0.200. The number of aromatic nitrogens is 4. The topological polar surface area (TPSA) is 66.7 Å². The minimum Gasteiger partial charge on any atom is -0.380 e. The van der Waals surface area contributed by atoms with Gasteiger partial charge < -0.3 is 9.67 Å². The number of benzene rings is 1. The monoisotopic (exact) mass is 286 g/mol. The Kier molecular flexibility index (Phi) is 3.53. The molecule has 2 heterocycles. The van der Waals surface area contributed by atoms with Crippen molar-refractivity contribution in [1.82, 2.24) is 19.7 Å². The number of aromatic amines is 1. The second kappa shape index (κ2) is 5.49. The third kappa shape index (κ3) is 2.45. The minimum absolute atomic E-state index is 0.304. The van der Waals surface area contributed by atoms with Gasteiger partial charge in [0.1, 0.15) is 17.7 Å². The van der Waals surface area contributed by atoms with Crippen LogP contribution >= 0.6 is 0 Å². The van der Waals surface area contributed by atoms with Crippen molar-refractivity contribution in [2.75, 3.05) is 0 Å². The molecule has 1 atom stereocenters. The van der Waals surface area contributed by atoms with Crippen LogP contribution in [0.1, 0.15) is 24.4 Å². The van der Waals surface area contributed by atoms with Crippen LogP contribution < -0.4 is 0 Å². The first-order valence-corrected chi connectivity index (χ1v) is 6.69. The molecule has 0 aliphatic rings. The SMILES string of the molecule is CCn1ccnc1C(O)c1cn[nH]c1-c1ccc(F)cc1. The molecule has 0 saturated carbocycles. The summed E-state index contributed by atoms with van der Waals surface area (Å²) in [5.74, 6) is 0.254. The summed E-state index contributed by atoms with van der Waals surface area (Å²) in [6, 6.07) is 6.04. The zero-order chi connectivity index (χ0) is 14.8. The van der Waals surface area contributed by atoms with Gasteiger partial charge in [-0.1, -0.05) is 0 Å². The quantitative estimate of drug-likeness (QED) is 0.774. The number of aryl methyl sites for hydroxylation is 1. The van der Waals surface area contributed by atoms with Crippen molar-refractivity contribution in [2.45, 2.75) is 19.6 Å². The molecule has 0 bridgehead atoms. The number of hydrogen-bond donors (Lipinski definition) is 2. The fourth-order valence-corrected chi connectivity index (χ4v) is 2.33. The first kappa shape index (κ1) is 13.5. The van der Waals surface area contributed by atoms with Crippen molar-refractivity contribution in [3.8, 4) is 11.3 Å². The highest BCUT2D eigenvalue weighted by Crippen LogP contribution is 2.29. The molecule has 2 aromatic heterocycles. The number of hydrogen-bond acceptors (Lipinski definition) is 3. The molecule has 0 aliphatic heterocycles. The van der Waals surface area contributed by atoms with Gasteiger partial charge in [-0.05, 0) is 31.2 Å². The van der Waals surface area contributed by atoms with Gasteiger partial charge in [0.05, 0.1) is 11.9 Å². The summed E-state index contributed by atoms with van der Waals surface area (Å²) in [6.07, 6.45) is 4.15. The highest BCUT2D eigenvalue weighted by Gasteiger charge is 2.21. The number of aliphatic hydroxyl groups excluding tert-OH is 1. The average molecular weight is 286 g/mol. The largest absolute Gasteiger partial charge is 0.380 e. The predicted molar refractivity (Wildman–Crippen MR) is 75.9 cm³/mol. The molecule has 5 nitrogen and oxygen atoms in total. The zero-order valence-electron chi connectivity index (χ0n) is 11.5. The van der Waals surface area contributed by atoms with Crippen LogP contribution in [-0.2, 0) is 6.54 Å². The van der Waals surface area contributed by atoms with Crippen LogP contribution in [0.4, 0.5) is 4.39 Å². The molecule has 108 valence electrons. The van der Waals surface area contributed by atoms with E-state index >= 15 is 0 Å². The molecule has 1 unspecified atom stereocenters. The molecule has 0 fully saturated rings. The van der Waals surface area contributed by atoms with Gasteiger partial charge >= 0.3 is 0 Å². The van der Waals surface area contributed by atoms with E-state index in [0.717, 1.165) is 12.1 Å². The fourth-order valence-electron chi connectivity index (χ4n) is 2.33. The summed E-state index contributed by atoms with van der Waals surface area (Å²) < 4.78 is 14.9. The Bertz CT molecular complexity index is 732. The summed E-state index contributed by atoms with van der Waals surface area (Å²) in [6.45, 7) is 2.70. The first-order valence-electron chi connectivity index (χ1n) is 6.69. The van der Waals surface area contributed by atoms with Gasteiger partial charge in [0.25, 0.3) is 0 Å². The van der Waals surface area contributed by atoms with E-state index in [2.05, 4.69) is 15.2 Å². The summed E-state index contributed by atoms with van der Waals surface area (Å²) >= 11 is 0. The van der Waals surface area contributed by atoms with Gasteiger partial charge in [0.15, 0.2) is 0 Å². The van der Waals surface area contributed by atoms with E-state index < -0.39 is 6.10 Å². The molecule has 0 saturated heterocycles. The van der Waals surface area contributed by atoms with Crippen molar-refractivity contribution in [1.29, 1.82) is 0 Å². The average Bonchev–Trinajstić information content (AvgIpc) is 3.16. The lowest BCUT2D eigenvalue weighted by Crippen LogP contribution is -2.09. The number of rotatable bonds is 4. The van der Waals surface area contributed by atoms with Crippen molar-refractivity contribution >= 4 is 0 Å². The van der Waals surface area contributed by atoms with Gasteiger partial charge in [-0.3, -0.25) is 5.10 Å². The lowest BCUT2D eigenvalue weighted by molar-refractivity contribution is 0.205. The van der Waals surface area contributed by atoms with E-state index in [4.69, 9.17) is 0 Å². The summed E-state index contributed by atoms with van der Waals surface area (Å²) in [7, 11) is 0. The van der Waals surface area contributed by atoms with Gasteiger partial charge in [0, 0.05) is 30.1 Å². The zero-order valence-corrected chi connectivity index (χ0v) is 11.5. The lowest BCUT2D eigenvalue weighted by Gasteiger charge is -2.12. The van der Waals surface area contributed by atoms with Crippen LogP contribution in [0.2, 0.25) is 0 Å². The molecule has 21 heavy (non-hydrogen) atoms. The smallest absolute Gasteiger partial charge is 0.142 e. The number of nitrogens with zero attached hydrogens (tertiary/aromatic N) is 3. The third-order valence-corrected chi connectivity index (χ3v) is 3.43. The molecule has 1 aromatic carbocycles. The van der Waals surface area contributed by atoms with Crippen molar-refractivity contribution in [3.05, 3.63) is 60.1 Å². The molecule has 0 amide bonds. The van der Waals surface area contributed by atoms with Gasteiger partial charge in [0.2, 0.25) is 0 Å². The van der Waals surface area contributed by atoms with Crippen LogP contribution in [0, 0.1) is 5.82 Å². The number of imidazole rings is 1. The van der Waals surface area contributed by atoms with E-state index in [0.29, 0.717) is 17.1 Å². The Morgan fingerprint density at radius 3 is 2.81 bits per heavy atom. The van der Waals surface area contributed by atoms with E-state index in [1.807, 2.05) is 17.7 Å². The van der Waals surface area contributed by atoms with E-state index in [1.54, 1.807) is 24.5 Å². The molecule has 6 heteroatoms. The van der Waals surface area contributed by atoms with Crippen LogP contribution in [0.25, 0.3) is 11.3 Å². The molecular formula is C15H15FN4O. The Balaban J connectivity index is 2.01. The molecule has 0 radical (unpaired) electrons. The molecular weight excluding hydrogens is 271 g/mol. The first-order chi connectivity index (χ1) is 10.2. The van der Waals surface area contributed by atoms with E-state index in [1.165, 1.54) is 12.1 Å². The van der Waals surface area contributed by atoms with Gasteiger partial charge in [-0.25, -0.2) is 9.37 Å². The molecule has 3 rings (SSSR count). The maximum Gasteiger partial charge on any atom is 0.142 e. The van der Waals surface area contributed by atoms with Crippen LogP contribution in [0.15, 0.2) is 42.9 Å². The van der Waals surface area contributed by atoms with Crippen molar-refractivity contribution in [3.63, 3.8) is 0 Å². The third-order valence-electron chi connectivity index (χ3n) is 3.43. The number of aliphatic hydroxyl groups is 1. The van der Waals surface area contributed by atoms with Crippen LogP contribution in [0.5, 0.6) is 0 Å². The lowest BCUT2D eigenvalue weighted by atomic mass is 10.0. The maximum atomic E-state index is 13.0. The molecule has 3 aromatic rings. The minimum atomic E-state index is -0.890. The Morgan fingerprint density at radius 2 is 2.10 bits per heavy atom. The number of nitrogens with one attached hydrogen (secondary N) is 1. The molecule has 0 aliphatic carbocycles. The molecule has 2 N–H and O–H groups in total. The van der Waals surface area contributed by atoms with Crippen LogP contribution in [-0.4, -0.2) is 24.9 Å².